The summed E-state index contributed by atoms with van der Waals surface area (Å²) in [5, 5.41) is 13.2. The molecule has 3 rings (SSSR count). The Hall–Kier alpha value is -2.07. The molecule has 4 heteroatoms. The molecule has 0 aliphatic carbocycles. The van der Waals surface area contributed by atoms with Crippen LogP contribution in [0, 0.1) is 13.8 Å². The molecule has 2 unspecified atom stereocenters. The molecule has 2 aliphatic heterocycles. The third-order valence-electron chi connectivity index (χ3n) is 5.09. The van der Waals surface area contributed by atoms with E-state index in [-0.39, 0.29) is 12.6 Å². The van der Waals surface area contributed by atoms with Gasteiger partial charge >= 0.3 is 0 Å². The van der Waals surface area contributed by atoms with E-state index < -0.39 is 5.54 Å². The van der Waals surface area contributed by atoms with Crippen molar-refractivity contribution in [1.29, 1.82) is 0 Å². The van der Waals surface area contributed by atoms with Gasteiger partial charge in [0.05, 0.1) is 18.3 Å². The minimum atomic E-state index is -0.455. The third-order valence-corrected chi connectivity index (χ3v) is 5.09. The Balaban J connectivity index is 1.83. The molecular formula is C19H25N3O. The fourth-order valence-electron chi connectivity index (χ4n) is 3.20. The largest absolute Gasteiger partial charge is 0.394 e. The minimum absolute atomic E-state index is 0.0478. The second kappa shape index (κ2) is 5.85. The maximum absolute atomic E-state index is 9.71. The van der Waals surface area contributed by atoms with Crippen LogP contribution in [0.5, 0.6) is 0 Å². The number of aliphatic hydroxyl groups is 1. The number of hydrogen-bond acceptors (Lipinski definition) is 4. The molecule has 2 N–H and O–H groups in total. The zero-order chi connectivity index (χ0) is 16.6. The van der Waals surface area contributed by atoms with Gasteiger partial charge in [0.25, 0.3) is 0 Å². The second-order valence-corrected chi connectivity index (χ2v) is 6.68. The first-order chi connectivity index (χ1) is 11.0. The first-order valence-electron chi connectivity index (χ1n) is 8.13. The van der Waals surface area contributed by atoms with Gasteiger partial charge in [-0.2, -0.15) is 0 Å². The van der Waals surface area contributed by atoms with Crippen molar-refractivity contribution < 1.29 is 5.11 Å². The SMILES string of the molecule is Cc1cccc(C)c1CNC1=CC=CN2C1=NC(C)(CO)C2C. The highest BCUT2D eigenvalue weighted by Crippen LogP contribution is 2.31. The molecule has 2 heterocycles. The lowest BCUT2D eigenvalue weighted by atomic mass is 9.96. The Bertz CT molecular complexity index is 684. The molecule has 0 spiro atoms. The van der Waals surface area contributed by atoms with E-state index in [2.05, 4.69) is 55.3 Å². The van der Waals surface area contributed by atoms with Gasteiger partial charge < -0.3 is 15.3 Å². The van der Waals surface area contributed by atoms with Crippen molar-refractivity contribution in [2.75, 3.05) is 6.61 Å². The quantitative estimate of drug-likeness (QED) is 0.899. The van der Waals surface area contributed by atoms with Crippen LogP contribution in [0.1, 0.15) is 30.5 Å². The first kappa shape index (κ1) is 15.8. The number of allylic oxidation sites excluding steroid dienone is 2. The Morgan fingerprint density at radius 1 is 1.30 bits per heavy atom. The summed E-state index contributed by atoms with van der Waals surface area (Å²) in [4.78, 5) is 6.93. The van der Waals surface area contributed by atoms with Crippen LogP contribution < -0.4 is 5.32 Å². The number of nitrogens with zero attached hydrogens (tertiary/aromatic N) is 2. The summed E-state index contributed by atoms with van der Waals surface area (Å²) in [5.41, 5.74) is 4.47. The third kappa shape index (κ3) is 2.68. The zero-order valence-corrected chi connectivity index (χ0v) is 14.3. The van der Waals surface area contributed by atoms with Crippen molar-refractivity contribution >= 4 is 5.84 Å². The molecule has 0 aromatic heterocycles. The van der Waals surface area contributed by atoms with E-state index in [9.17, 15) is 5.11 Å². The van der Waals surface area contributed by atoms with Crippen molar-refractivity contribution in [2.24, 2.45) is 4.99 Å². The lowest BCUT2D eigenvalue weighted by Gasteiger charge is -2.30. The van der Waals surface area contributed by atoms with Crippen LogP contribution in [0.4, 0.5) is 0 Å². The van der Waals surface area contributed by atoms with Crippen molar-refractivity contribution in [1.82, 2.24) is 10.2 Å². The molecule has 0 amide bonds. The van der Waals surface area contributed by atoms with E-state index in [1.807, 2.05) is 19.2 Å². The van der Waals surface area contributed by atoms with Crippen LogP contribution in [0.15, 0.2) is 47.2 Å². The first-order valence-corrected chi connectivity index (χ1v) is 8.13. The summed E-state index contributed by atoms with van der Waals surface area (Å²) in [5.74, 6) is 0.919. The molecule has 0 bridgehead atoms. The van der Waals surface area contributed by atoms with E-state index in [0.29, 0.717) is 0 Å². The average molecular weight is 311 g/mol. The monoisotopic (exact) mass is 311 g/mol. The summed E-state index contributed by atoms with van der Waals surface area (Å²) in [6.45, 7) is 9.21. The Morgan fingerprint density at radius 2 is 2.00 bits per heavy atom. The van der Waals surface area contributed by atoms with Crippen LogP contribution in [0.2, 0.25) is 0 Å². The average Bonchev–Trinajstić information content (AvgIpc) is 2.80. The Labute approximate surface area is 138 Å². The van der Waals surface area contributed by atoms with E-state index >= 15 is 0 Å². The lowest BCUT2D eigenvalue weighted by molar-refractivity contribution is 0.172. The summed E-state index contributed by atoms with van der Waals surface area (Å²) in [7, 11) is 0. The van der Waals surface area contributed by atoms with E-state index in [1.54, 1.807) is 0 Å². The molecule has 0 radical (unpaired) electrons. The topological polar surface area (TPSA) is 47.9 Å². The fourth-order valence-corrected chi connectivity index (χ4v) is 3.20. The van der Waals surface area contributed by atoms with E-state index in [1.165, 1.54) is 16.7 Å². The van der Waals surface area contributed by atoms with Gasteiger partial charge in [-0.3, -0.25) is 4.99 Å². The molecule has 2 atom stereocenters. The highest BCUT2D eigenvalue weighted by molar-refractivity contribution is 6.01. The number of amidine groups is 1. The van der Waals surface area contributed by atoms with Gasteiger partial charge in [0.1, 0.15) is 5.54 Å². The molecule has 0 saturated heterocycles. The van der Waals surface area contributed by atoms with Crippen LogP contribution in [-0.4, -0.2) is 34.0 Å². The van der Waals surface area contributed by atoms with Crippen molar-refractivity contribution in [2.45, 2.75) is 45.8 Å². The van der Waals surface area contributed by atoms with Crippen LogP contribution in [0.25, 0.3) is 0 Å². The van der Waals surface area contributed by atoms with Gasteiger partial charge in [0.15, 0.2) is 5.84 Å². The summed E-state index contributed by atoms with van der Waals surface area (Å²) in [6, 6.07) is 6.52. The number of aliphatic imine (C=N–C) groups is 1. The standard InChI is InChI=1S/C19H25N3O/c1-13-7-5-8-14(2)16(13)11-20-17-9-6-10-22-15(3)19(4,12-23)21-18(17)22/h5-10,15,20,23H,11-12H2,1-4H3. The number of hydrogen-bond donors (Lipinski definition) is 2. The lowest BCUT2D eigenvalue weighted by Crippen LogP contribution is -2.44. The maximum atomic E-state index is 9.71. The summed E-state index contributed by atoms with van der Waals surface area (Å²) in [6.07, 6.45) is 6.12. The molecular weight excluding hydrogens is 286 g/mol. The van der Waals surface area contributed by atoms with Gasteiger partial charge in [-0.05, 0) is 56.5 Å². The highest BCUT2D eigenvalue weighted by atomic mass is 16.3. The van der Waals surface area contributed by atoms with Gasteiger partial charge in [0.2, 0.25) is 0 Å². The number of fused-ring (bicyclic) bond motifs is 1. The number of benzene rings is 1. The molecule has 0 saturated carbocycles. The van der Waals surface area contributed by atoms with Crippen molar-refractivity contribution in [3.63, 3.8) is 0 Å². The molecule has 23 heavy (non-hydrogen) atoms. The van der Waals surface area contributed by atoms with E-state index in [4.69, 9.17) is 4.99 Å². The summed E-state index contributed by atoms with van der Waals surface area (Å²) < 4.78 is 0. The normalized spacial score (nSPS) is 26.0. The molecule has 1 aromatic rings. The van der Waals surface area contributed by atoms with Crippen LogP contribution >= 0.6 is 0 Å². The molecule has 1 aromatic carbocycles. The van der Waals surface area contributed by atoms with Crippen molar-refractivity contribution in [3.8, 4) is 0 Å². The predicted octanol–water partition coefficient (Wildman–Crippen LogP) is 2.66. The summed E-state index contributed by atoms with van der Waals surface area (Å²) >= 11 is 0. The fraction of sp³-hybridized carbons (Fsp3) is 0.421. The smallest absolute Gasteiger partial charge is 0.152 e. The van der Waals surface area contributed by atoms with Crippen LogP contribution in [-0.2, 0) is 6.54 Å². The second-order valence-electron chi connectivity index (χ2n) is 6.68. The molecule has 0 fully saturated rings. The van der Waals surface area contributed by atoms with E-state index in [0.717, 1.165) is 18.1 Å². The van der Waals surface area contributed by atoms with Gasteiger partial charge in [-0.1, -0.05) is 18.2 Å². The minimum Gasteiger partial charge on any atom is -0.394 e. The molecule has 2 aliphatic rings. The van der Waals surface area contributed by atoms with Gasteiger partial charge in [0, 0.05) is 12.7 Å². The van der Waals surface area contributed by atoms with Gasteiger partial charge in [-0.15, -0.1) is 0 Å². The number of aliphatic hydroxyl groups excluding tert-OH is 1. The molecule has 122 valence electrons. The maximum Gasteiger partial charge on any atom is 0.152 e. The Kier molecular flexibility index (Phi) is 4.02. The zero-order valence-electron chi connectivity index (χ0n) is 14.3. The predicted molar refractivity (Wildman–Crippen MR) is 94.2 cm³/mol. The van der Waals surface area contributed by atoms with Crippen LogP contribution in [0.3, 0.4) is 0 Å². The number of nitrogens with one attached hydrogen (secondary N) is 1. The highest BCUT2D eigenvalue weighted by Gasteiger charge is 2.42. The molecule has 4 nitrogen and oxygen atoms in total. The Morgan fingerprint density at radius 3 is 2.65 bits per heavy atom. The number of aryl methyl sites for hydroxylation is 2. The van der Waals surface area contributed by atoms with Gasteiger partial charge in [-0.25, -0.2) is 0 Å². The van der Waals surface area contributed by atoms with Crippen molar-refractivity contribution in [3.05, 3.63) is 58.9 Å². The number of rotatable bonds is 4.